The molecule has 0 unspecified atom stereocenters. The number of furan rings is 1. The molecule has 0 fully saturated rings. The van der Waals surface area contributed by atoms with Crippen molar-refractivity contribution in [2.45, 2.75) is 26.1 Å². The third-order valence-corrected chi connectivity index (χ3v) is 6.34. The maximum Gasteiger partial charge on any atom is 0.416 e. The fourth-order valence-corrected chi connectivity index (χ4v) is 4.57. The van der Waals surface area contributed by atoms with E-state index < -0.39 is 11.7 Å². The van der Waals surface area contributed by atoms with Crippen molar-refractivity contribution in [3.05, 3.63) is 78.3 Å². The first-order valence-corrected chi connectivity index (χ1v) is 12.2. The fraction of sp³-hybridized carbons (Fsp3) is 0.154. The summed E-state index contributed by atoms with van der Waals surface area (Å²) in [4.78, 5) is 24.9. The average molecular weight is 540 g/mol. The Morgan fingerprint density at radius 3 is 2.53 bits per heavy atom. The fourth-order valence-electron chi connectivity index (χ4n) is 3.64. The topological polar surface area (TPSA) is 102 Å². The van der Waals surface area contributed by atoms with Crippen LogP contribution in [0.15, 0.2) is 71.3 Å². The van der Waals surface area contributed by atoms with Gasteiger partial charge in [0, 0.05) is 18.6 Å². The maximum atomic E-state index is 13.1. The number of hydrogen-bond donors (Lipinski definition) is 2. The lowest BCUT2D eigenvalue weighted by Crippen LogP contribution is -2.10. The number of aromatic nitrogens is 3. The molecule has 12 heteroatoms. The van der Waals surface area contributed by atoms with E-state index in [4.69, 9.17) is 9.15 Å². The van der Waals surface area contributed by atoms with Crippen molar-refractivity contribution in [1.29, 1.82) is 0 Å². The van der Waals surface area contributed by atoms with Gasteiger partial charge in [0.2, 0.25) is 17.7 Å². The molecule has 0 saturated heterocycles. The molecule has 0 aliphatic rings. The molecule has 38 heavy (non-hydrogen) atoms. The van der Waals surface area contributed by atoms with Crippen LogP contribution in [-0.4, -0.2) is 20.9 Å². The van der Waals surface area contributed by atoms with Crippen molar-refractivity contribution in [2.75, 3.05) is 10.6 Å². The van der Waals surface area contributed by atoms with Crippen molar-refractivity contribution in [3.8, 4) is 22.9 Å². The largest absolute Gasteiger partial charge is 0.467 e. The minimum atomic E-state index is -4.45. The summed E-state index contributed by atoms with van der Waals surface area (Å²) in [6.07, 6.45) is -2.91. The molecule has 3 aromatic heterocycles. The van der Waals surface area contributed by atoms with Crippen LogP contribution in [0.3, 0.4) is 0 Å². The van der Waals surface area contributed by atoms with Crippen molar-refractivity contribution in [2.24, 2.45) is 0 Å². The number of nitrogens with one attached hydrogen (secondary N) is 2. The Kier molecular flexibility index (Phi) is 6.72. The molecule has 5 rings (SSSR count). The molecule has 5 aromatic rings. The first-order chi connectivity index (χ1) is 18.2. The highest BCUT2D eigenvalue weighted by molar-refractivity contribution is 7.22. The quantitative estimate of drug-likeness (QED) is 0.224. The summed E-state index contributed by atoms with van der Waals surface area (Å²) < 4.78 is 51.6. The molecule has 8 nitrogen and oxygen atoms in total. The first kappa shape index (κ1) is 25.2. The second kappa shape index (κ2) is 10.1. The highest BCUT2D eigenvalue weighted by Gasteiger charge is 2.30. The van der Waals surface area contributed by atoms with E-state index in [1.54, 1.807) is 30.5 Å². The highest BCUT2D eigenvalue weighted by Crippen LogP contribution is 2.36. The lowest BCUT2D eigenvalue weighted by Gasteiger charge is -2.14. The zero-order valence-electron chi connectivity index (χ0n) is 20.0. The van der Waals surface area contributed by atoms with Gasteiger partial charge in [0.25, 0.3) is 0 Å². The van der Waals surface area contributed by atoms with Crippen LogP contribution in [0.4, 0.5) is 24.3 Å². The normalized spacial score (nSPS) is 12.3. The van der Waals surface area contributed by atoms with Crippen LogP contribution >= 0.6 is 11.3 Å². The Hall–Kier alpha value is -4.45. The van der Waals surface area contributed by atoms with Gasteiger partial charge in [-0.3, -0.25) is 4.79 Å². The maximum absolute atomic E-state index is 13.1. The standard InChI is InChI=1S/C26H20F3N5O3S/c1-14(19-6-4-12-36-19)30-24-32-18(16-8-10-17(11-9-16)26(27,28)29)13-22(33-24)37-20-5-3-7-21-23(20)34-25(38-21)31-15(2)35/h3-14H,1-2H3,(H,30,32,33)(H,31,34,35)/t14-/m1/s1. The number of benzene rings is 2. The Morgan fingerprint density at radius 2 is 1.84 bits per heavy atom. The summed E-state index contributed by atoms with van der Waals surface area (Å²) in [6, 6.07) is 14.8. The number of anilines is 2. The predicted octanol–water partition coefficient (Wildman–Crippen LogP) is 7.29. The number of carbonyl (C=O) groups is 1. The van der Waals surface area contributed by atoms with E-state index in [1.807, 2.05) is 13.0 Å². The molecular weight excluding hydrogens is 519 g/mol. The van der Waals surface area contributed by atoms with Crippen LogP contribution in [0.5, 0.6) is 11.6 Å². The summed E-state index contributed by atoms with van der Waals surface area (Å²) in [7, 11) is 0. The van der Waals surface area contributed by atoms with E-state index in [0.29, 0.717) is 33.4 Å². The Morgan fingerprint density at radius 1 is 1.05 bits per heavy atom. The molecule has 0 radical (unpaired) electrons. The number of alkyl halides is 3. The van der Waals surface area contributed by atoms with E-state index >= 15 is 0 Å². The minimum Gasteiger partial charge on any atom is -0.467 e. The van der Waals surface area contributed by atoms with E-state index in [9.17, 15) is 18.0 Å². The van der Waals surface area contributed by atoms with Crippen LogP contribution in [0, 0.1) is 0 Å². The number of rotatable bonds is 7. The van der Waals surface area contributed by atoms with Crippen LogP contribution < -0.4 is 15.4 Å². The van der Waals surface area contributed by atoms with E-state index in [2.05, 4.69) is 25.6 Å². The number of hydrogen-bond acceptors (Lipinski definition) is 8. The van der Waals surface area contributed by atoms with Gasteiger partial charge >= 0.3 is 6.18 Å². The van der Waals surface area contributed by atoms with Gasteiger partial charge in [-0.1, -0.05) is 29.5 Å². The third-order valence-electron chi connectivity index (χ3n) is 5.41. The van der Waals surface area contributed by atoms with Gasteiger partial charge in [-0.05, 0) is 43.3 Å². The monoisotopic (exact) mass is 539 g/mol. The van der Waals surface area contributed by atoms with Crippen LogP contribution in [0.1, 0.15) is 31.2 Å². The summed E-state index contributed by atoms with van der Waals surface area (Å²) in [5.41, 5.74) is 0.553. The molecule has 0 spiro atoms. The molecule has 2 N–H and O–H groups in total. The van der Waals surface area contributed by atoms with E-state index in [1.165, 1.54) is 36.5 Å². The van der Waals surface area contributed by atoms with Crippen LogP contribution in [0.2, 0.25) is 0 Å². The number of halogens is 3. The summed E-state index contributed by atoms with van der Waals surface area (Å²) in [6.45, 7) is 3.25. The second-order valence-electron chi connectivity index (χ2n) is 8.28. The van der Waals surface area contributed by atoms with Crippen molar-refractivity contribution in [3.63, 3.8) is 0 Å². The van der Waals surface area contributed by atoms with Gasteiger partial charge in [-0.15, -0.1) is 0 Å². The molecule has 0 aliphatic heterocycles. The molecular formula is C26H20F3N5O3S. The molecule has 0 bridgehead atoms. The van der Waals surface area contributed by atoms with Gasteiger partial charge in [0.15, 0.2) is 10.9 Å². The smallest absolute Gasteiger partial charge is 0.416 e. The van der Waals surface area contributed by atoms with E-state index in [-0.39, 0.29) is 23.8 Å². The molecule has 0 aliphatic carbocycles. The molecule has 2 aromatic carbocycles. The Labute approximate surface area is 218 Å². The van der Waals surface area contributed by atoms with Gasteiger partial charge in [-0.2, -0.15) is 18.2 Å². The number of ether oxygens (including phenoxy) is 1. The molecule has 1 atom stereocenters. The average Bonchev–Trinajstić information content (AvgIpc) is 3.54. The SMILES string of the molecule is CC(=O)Nc1nc2c(Oc3cc(-c4ccc(C(F)(F)F)cc4)nc(N[C@H](C)c4ccco4)n3)cccc2s1. The molecule has 3 heterocycles. The zero-order valence-corrected chi connectivity index (χ0v) is 20.9. The summed E-state index contributed by atoms with van der Waals surface area (Å²) in [5, 5.41) is 6.23. The zero-order chi connectivity index (χ0) is 26.9. The van der Waals surface area contributed by atoms with Gasteiger partial charge in [0.1, 0.15) is 11.3 Å². The van der Waals surface area contributed by atoms with Crippen molar-refractivity contribution >= 4 is 38.5 Å². The van der Waals surface area contributed by atoms with Crippen LogP contribution in [0.25, 0.3) is 21.5 Å². The summed E-state index contributed by atoms with van der Waals surface area (Å²) >= 11 is 1.29. The second-order valence-corrected chi connectivity index (χ2v) is 9.31. The molecule has 0 saturated carbocycles. The number of amides is 1. The van der Waals surface area contributed by atoms with Gasteiger partial charge in [0.05, 0.1) is 28.3 Å². The lowest BCUT2D eigenvalue weighted by molar-refractivity contribution is -0.137. The number of carbonyl (C=O) groups excluding carboxylic acids is 1. The molecule has 1 amide bonds. The highest BCUT2D eigenvalue weighted by atomic mass is 32.1. The minimum absolute atomic E-state index is 0.144. The van der Waals surface area contributed by atoms with Crippen molar-refractivity contribution < 1.29 is 27.1 Å². The first-order valence-electron chi connectivity index (χ1n) is 11.4. The van der Waals surface area contributed by atoms with Gasteiger partial charge < -0.3 is 19.8 Å². The Balaban J connectivity index is 1.52. The van der Waals surface area contributed by atoms with E-state index in [0.717, 1.165) is 16.8 Å². The Bertz CT molecular complexity index is 1580. The molecule has 194 valence electrons. The number of fused-ring (bicyclic) bond motifs is 1. The van der Waals surface area contributed by atoms with Gasteiger partial charge in [-0.25, -0.2) is 9.97 Å². The number of thiazole rings is 1. The number of nitrogens with zero attached hydrogens (tertiary/aromatic N) is 3. The number of para-hydroxylation sites is 1. The summed E-state index contributed by atoms with van der Waals surface area (Å²) in [5.74, 6) is 1.12. The predicted molar refractivity (Wildman–Crippen MR) is 137 cm³/mol. The lowest BCUT2D eigenvalue weighted by atomic mass is 10.1. The third kappa shape index (κ3) is 5.59. The van der Waals surface area contributed by atoms with Crippen molar-refractivity contribution in [1.82, 2.24) is 15.0 Å². The van der Waals surface area contributed by atoms with Crippen LogP contribution in [-0.2, 0) is 11.0 Å².